The third kappa shape index (κ3) is 3.57. The summed E-state index contributed by atoms with van der Waals surface area (Å²) in [6.45, 7) is 1.65. The number of esters is 1. The fraction of sp³-hybridized carbons (Fsp3) is 0.111. The van der Waals surface area contributed by atoms with Gasteiger partial charge in [-0.05, 0) is 35.0 Å². The highest BCUT2D eigenvalue weighted by atomic mass is 32.1. The highest BCUT2D eigenvalue weighted by molar-refractivity contribution is 7.17. The summed E-state index contributed by atoms with van der Waals surface area (Å²) in [7, 11) is 0. The summed E-state index contributed by atoms with van der Waals surface area (Å²) in [5.41, 5.74) is 1.99. The maximum Gasteiger partial charge on any atom is 0.338 e. The smallest absolute Gasteiger partial charge is 0.338 e. The molecule has 0 saturated heterocycles. The fourth-order valence-corrected chi connectivity index (χ4v) is 3.25. The quantitative estimate of drug-likeness (QED) is 0.731. The van der Waals surface area contributed by atoms with Gasteiger partial charge >= 0.3 is 5.97 Å². The zero-order valence-electron chi connectivity index (χ0n) is 12.5. The van der Waals surface area contributed by atoms with Crippen LogP contribution in [0.15, 0.2) is 53.9 Å². The molecule has 5 heteroatoms. The Hall–Kier alpha value is -2.66. The van der Waals surface area contributed by atoms with Gasteiger partial charge in [-0.3, -0.25) is 4.79 Å². The monoisotopic (exact) mass is 325 g/mol. The van der Waals surface area contributed by atoms with Gasteiger partial charge in [0, 0.05) is 22.9 Å². The van der Waals surface area contributed by atoms with Gasteiger partial charge in [0.25, 0.3) is 0 Å². The number of thiophene rings is 1. The Balaban J connectivity index is 1.71. The second-order valence-electron chi connectivity index (χ2n) is 5.10. The van der Waals surface area contributed by atoms with Gasteiger partial charge in [0.1, 0.15) is 6.61 Å². The zero-order valence-corrected chi connectivity index (χ0v) is 13.4. The lowest BCUT2D eigenvalue weighted by atomic mass is 10.2. The van der Waals surface area contributed by atoms with Crippen molar-refractivity contribution in [3.8, 4) is 0 Å². The van der Waals surface area contributed by atoms with Crippen molar-refractivity contribution in [1.82, 2.24) is 0 Å². The molecule has 0 atom stereocenters. The van der Waals surface area contributed by atoms with E-state index in [-0.39, 0.29) is 12.5 Å². The van der Waals surface area contributed by atoms with Crippen molar-refractivity contribution in [3.05, 3.63) is 65.0 Å². The molecular weight excluding hydrogens is 310 g/mol. The van der Waals surface area contributed by atoms with Gasteiger partial charge in [-0.1, -0.05) is 24.3 Å². The first-order chi connectivity index (χ1) is 11.1. The Morgan fingerprint density at radius 1 is 1.13 bits per heavy atom. The van der Waals surface area contributed by atoms with Crippen LogP contribution >= 0.6 is 11.3 Å². The number of ether oxygens (including phenoxy) is 1. The van der Waals surface area contributed by atoms with Crippen LogP contribution in [0.3, 0.4) is 0 Å². The number of hydrogen-bond acceptors (Lipinski definition) is 4. The Kier molecular flexibility index (Phi) is 4.39. The molecule has 0 unspecified atom stereocenters. The third-order valence-corrected chi connectivity index (χ3v) is 4.35. The molecular formula is C18H15NO3S. The van der Waals surface area contributed by atoms with Gasteiger partial charge in [0.2, 0.25) is 5.91 Å². The van der Waals surface area contributed by atoms with E-state index >= 15 is 0 Å². The molecule has 3 rings (SSSR count). The molecule has 1 heterocycles. The normalized spacial score (nSPS) is 10.5. The fourth-order valence-electron chi connectivity index (χ4n) is 2.30. The number of nitrogens with one attached hydrogen (secondary N) is 1. The van der Waals surface area contributed by atoms with Crippen molar-refractivity contribution in [2.45, 2.75) is 13.5 Å². The average Bonchev–Trinajstić information content (AvgIpc) is 2.95. The van der Waals surface area contributed by atoms with Crippen LogP contribution in [0, 0.1) is 0 Å². The molecule has 23 heavy (non-hydrogen) atoms. The third-order valence-electron chi connectivity index (χ3n) is 3.34. The van der Waals surface area contributed by atoms with E-state index in [2.05, 4.69) is 5.32 Å². The Labute approximate surface area is 137 Å². The summed E-state index contributed by atoms with van der Waals surface area (Å²) in [4.78, 5) is 23.3. The number of carbonyl (C=O) groups is 2. The predicted octanol–water partition coefficient (Wildman–Crippen LogP) is 4.22. The molecule has 0 saturated carbocycles. The summed E-state index contributed by atoms with van der Waals surface area (Å²) < 4.78 is 6.57. The van der Waals surface area contributed by atoms with E-state index in [0.29, 0.717) is 11.3 Å². The molecule has 0 bridgehead atoms. The SMILES string of the molecule is CC(=O)Nc1cccc(C(=O)OCc2csc3ccccc23)c1. The number of benzene rings is 2. The maximum absolute atomic E-state index is 12.2. The van der Waals surface area contributed by atoms with E-state index in [9.17, 15) is 9.59 Å². The summed E-state index contributed by atoms with van der Waals surface area (Å²) in [6.07, 6.45) is 0. The molecule has 0 spiro atoms. The van der Waals surface area contributed by atoms with Crippen LogP contribution in [0.5, 0.6) is 0 Å². The summed E-state index contributed by atoms with van der Waals surface area (Å²) >= 11 is 1.63. The molecule has 1 aromatic heterocycles. The number of anilines is 1. The number of hydrogen-bond donors (Lipinski definition) is 1. The number of amides is 1. The van der Waals surface area contributed by atoms with Crippen LogP contribution in [0.2, 0.25) is 0 Å². The molecule has 116 valence electrons. The largest absolute Gasteiger partial charge is 0.457 e. The minimum absolute atomic E-state index is 0.180. The van der Waals surface area contributed by atoms with Gasteiger partial charge in [-0.2, -0.15) is 0 Å². The van der Waals surface area contributed by atoms with Gasteiger partial charge < -0.3 is 10.1 Å². The molecule has 0 aliphatic rings. The number of rotatable bonds is 4. The van der Waals surface area contributed by atoms with Crippen molar-refractivity contribution < 1.29 is 14.3 Å². The van der Waals surface area contributed by atoms with Crippen molar-refractivity contribution in [2.75, 3.05) is 5.32 Å². The summed E-state index contributed by atoms with van der Waals surface area (Å²) in [6, 6.07) is 14.7. The first kappa shape index (κ1) is 15.2. The Morgan fingerprint density at radius 2 is 1.96 bits per heavy atom. The van der Waals surface area contributed by atoms with E-state index in [1.165, 1.54) is 11.6 Å². The van der Waals surface area contributed by atoms with Crippen LogP contribution < -0.4 is 5.32 Å². The highest BCUT2D eigenvalue weighted by Crippen LogP contribution is 2.26. The first-order valence-electron chi connectivity index (χ1n) is 7.13. The molecule has 0 aliphatic carbocycles. The summed E-state index contributed by atoms with van der Waals surface area (Å²) in [5.74, 6) is -0.590. The van der Waals surface area contributed by atoms with E-state index in [1.807, 2.05) is 29.6 Å². The number of fused-ring (bicyclic) bond motifs is 1. The Morgan fingerprint density at radius 3 is 2.78 bits per heavy atom. The molecule has 4 nitrogen and oxygen atoms in total. The molecule has 0 aliphatic heterocycles. The lowest BCUT2D eigenvalue weighted by Crippen LogP contribution is -2.08. The van der Waals surface area contributed by atoms with Crippen LogP contribution in [0.25, 0.3) is 10.1 Å². The molecule has 1 N–H and O–H groups in total. The van der Waals surface area contributed by atoms with Gasteiger partial charge in [0.05, 0.1) is 5.56 Å². The van der Waals surface area contributed by atoms with Crippen molar-refractivity contribution in [1.29, 1.82) is 0 Å². The van der Waals surface area contributed by atoms with Gasteiger partial charge in [-0.25, -0.2) is 4.79 Å². The van der Waals surface area contributed by atoms with Crippen molar-refractivity contribution >= 4 is 39.0 Å². The lowest BCUT2D eigenvalue weighted by Gasteiger charge is -2.06. The van der Waals surface area contributed by atoms with Crippen LogP contribution in [0.4, 0.5) is 5.69 Å². The minimum Gasteiger partial charge on any atom is -0.457 e. The topological polar surface area (TPSA) is 55.4 Å². The van der Waals surface area contributed by atoms with Gasteiger partial charge in [0.15, 0.2) is 0 Å². The number of carbonyl (C=O) groups excluding carboxylic acids is 2. The standard InChI is InChI=1S/C18H15NO3S/c1-12(20)19-15-6-4-5-13(9-15)18(21)22-10-14-11-23-17-8-3-2-7-16(14)17/h2-9,11H,10H2,1H3,(H,19,20). The molecule has 0 fully saturated rings. The maximum atomic E-state index is 12.2. The minimum atomic E-state index is -0.410. The van der Waals surface area contributed by atoms with Gasteiger partial charge in [-0.15, -0.1) is 11.3 Å². The van der Waals surface area contributed by atoms with E-state index in [1.54, 1.807) is 35.6 Å². The molecule has 2 aromatic carbocycles. The van der Waals surface area contributed by atoms with E-state index < -0.39 is 5.97 Å². The van der Waals surface area contributed by atoms with E-state index in [4.69, 9.17) is 4.74 Å². The average molecular weight is 325 g/mol. The van der Waals surface area contributed by atoms with Crippen molar-refractivity contribution in [3.63, 3.8) is 0 Å². The second kappa shape index (κ2) is 6.62. The highest BCUT2D eigenvalue weighted by Gasteiger charge is 2.10. The van der Waals surface area contributed by atoms with Crippen LogP contribution in [-0.4, -0.2) is 11.9 Å². The van der Waals surface area contributed by atoms with Crippen LogP contribution in [0.1, 0.15) is 22.8 Å². The first-order valence-corrected chi connectivity index (χ1v) is 8.01. The lowest BCUT2D eigenvalue weighted by molar-refractivity contribution is -0.114. The Bertz CT molecular complexity index is 869. The molecule has 1 amide bonds. The molecule has 0 radical (unpaired) electrons. The second-order valence-corrected chi connectivity index (χ2v) is 6.01. The van der Waals surface area contributed by atoms with E-state index in [0.717, 1.165) is 10.9 Å². The summed E-state index contributed by atoms with van der Waals surface area (Å²) in [5, 5.41) is 5.76. The zero-order chi connectivity index (χ0) is 16.2. The van der Waals surface area contributed by atoms with Crippen molar-refractivity contribution in [2.24, 2.45) is 0 Å². The van der Waals surface area contributed by atoms with Crippen LogP contribution in [-0.2, 0) is 16.1 Å². The molecule has 3 aromatic rings. The predicted molar refractivity (Wildman–Crippen MR) is 91.7 cm³/mol.